The molecular formula is C21H16Cl3N3O5. The maximum absolute atomic E-state index is 12.4. The SMILES string of the molecule is COc1ccc(/C=C/C(=O)c2nn(C)cc2[N+](=O)[O-])cc1COc1c(Cl)cc(Cl)cc1Cl. The standard InChI is InChI=1S/C21H16Cl3N3O5/c1-26-10-17(27(29)30)20(25-26)18(28)5-3-12-4-6-19(31-2)13(7-12)11-32-21-15(23)8-14(22)9-16(21)24/h3-10H,11H2,1-2H3/b5-3+. The second-order valence-corrected chi connectivity index (χ2v) is 7.80. The summed E-state index contributed by atoms with van der Waals surface area (Å²) in [6.45, 7) is 0.0750. The number of methoxy groups -OCH3 is 1. The van der Waals surface area contributed by atoms with Crippen LogP contribution in [0.15, 0.2) is 42.6 Å². The number of hydrogen-bond donors (Lipinski definition) is 0. The van der Waals surface area contributed by atoms with Crippen molar-refractivity contribution in [3.8, 4) is 11.5 Å². The van der Waals surface area contributed by atoms with Crippen LogP contribution in [0.1, 0.15) is 21.6 Å². The first kappa shape index (κ1) is 23.6. The Bertz CT molecular complexity index is 1200. The quantitative estimate of drug-likeness (QED) is 0.170. The molecular weight excluding hydrogens is 481 g/mol. The molecule has 0 amide bonds. The van der Waals surface area contributed by atoms with Gasteiger partial charge in [-0.1, -0.05) is 46.9 Å². The number of carbonyl (C=O) groups is 1. The summed E-state index contributed by atoms with van der Waals surface area (Å²) in [4.78, 5) is 22.9. The topological polar surface area (TPSA) is 96.5 Å². The van der Waals surface area contributed by atoms with E-state index in [-0.39, 0.29) is 33.8 Å². The molecule has 0 saturated heterocycles. The van der Waals surface area contributed by atoms with E-state index < -0.39 is 10.7 Å². The average molecular weight is 497 g/mol. The van der Waals surface area contributed by atoms with Gasteiger partial charge in [0.25, 0.3) is 0 Å². The number of hydrogen-bond acceptors (Lipinski definition) is 6. The summed E-state index contributed by atoms with van der Waals surface area (Å²) in [7, 11) is 3.02. The van der Waals surface area contributed by atoms with Gasteiger partial charge in [-0.25, -0.2) is 0 Å². The van der Waals surface area contributed by atoms with Crippen LogP contribution in [-0.2, 0) is 13.7 Å². The van der Waals surface area contributed by atoms with Crippen LogP contribution in [0.4, 0.5) is 5.69 Å². The van der Waals surface area contributed by atoms with E-state index in [1.807, 2.05) is 0 Å². The van der Waals surface area contributed by atoms with Crippen molar-refractivity contribution in [1.82, 2.24) is 9.78 Å². The van der Waals surface area contributed by atoms with Gasteiger partial charge in [0.2, 0.25) is 11.5 Å². The third-order valence-corrected chi connectivity index (χ3v) is 5.09. The van der Waals surface area contributed by atoms with E-state index >= 15 is 0 Å². The monoisotopic (exact) mass is 495 g/mol. The highest BCUT2D eigenvalue weighted by molar-refractivity contribution is 6.40. The predicted octanol–water partition coefficient (Wildman–Crippen LogP) is 5.77. The van der Waals surface area contributed by atoms with Crippen LogP contribution >= 0.6 is 34.8 Å². The van der Waals surface area contributed by atoms with Gasteiger partial charge < -0.3 is 9.47 Å². The van der Waals surface area contributed by atoms with E-state index in [0.29, 0.717) is 21.9 Å². The van der Waals surface area contributed by atoms with Crippen molar-refractivity contribution in [1.29, 1.82) is 0 Å². The lowest BCUT2D eigenvalue weighted by atomic mass is 10.1. The van der Waals surface area contributed by atoms with E-state index in [1.165, 1.54) is 49.3 Å². The van der Waals surface area contributed by atoms with E-state index in [0.717, 1.165) is 0 Å². The zero-order chi connectivity index (χ0) is 23.4. The fourth-order valence-electron chi connectivity index (χ4n) is 2.87. The molecule has 0 fully saturated rings. The second kappa shape index (κ2) is 10.0. The molecule has 0 N–H and O–H groups in total. The molecule has 3 aromatic rings. The molecule has 0 unspecified atom stereocenters. The van der Waals surface area contributed by atoms with Gasteiger partial charge in [-0.2, -0.15) is 5.10 Å². The van der Waals surface area contributed by atoms with Gasteiger partial charge in [0.05, 0.1) is 22.1 Å². The number of carbonyl (C=O) groups excluding carboxylic acids is 1. The Kier molecular flexibility index (Phi) is 7.40. The number of ether oxygens (including phenoxy) is 2. The van der Waals surface area contributed by atoms with Crippen molar-refractivity contribution in [2.75, 3.05) is 7.11 Å². The third-order valence-electron chi connectivity index (χ3n) is 4.31. The Balaban J connectivity index is 1.82. The third kappa shape index (κ3) is 5.40. The molecule has 0 bridgehead atoms. The number of aromatic nitrogens is 2. The summed E-state index contributed by atoms with van der Waals surface area (Å²) in [5.41, 5.74) is 0.707. The summed E-state index contributed by atoms with van der Waals surface area (Å²) in [5, 5.41) is 15.9. The fraction of sp³-hybridized carbons (Fsp3) is 0.143. The molecule has 8 nitrogen and oxygen atoms in total. The summed E-state index contributed by atoms with van der Waals surface area (Å²) < 4.78 is 12.3. The molecule has 0 aliphatic heterocycles. The minimum absolute atomic E-state index is 0.0750. The second-order valence-electron chi connectivity index (χ2n) is 6.55. The predicted molar refractivity (Wildman–Crippen MR) is 122 cm³/mol. The highest BCUT2D eigenvalue weighted by atomic mass is 35.5. The molecule has 166 valence electrons. The van der Waals surface area contributed by atoms with Crippen molar-refractivity contribution >= 4 is 52.3 Å². The first-order valence-corrected chi connectivity index (χ1v) is 10.2. The molecule has 1 aromatic heterocycles. The fourth-order valence-corrected chi connectivity index (χ4v) is 3.79. The Labute approximate surface area is 198 Å². The van der Waals surface area contributed by atoms with Crippen LogP contribution < -0.4 is 9.47 Å². The molecule has 0 saturated carbocycles. The number of nitro groups is 1. The molecule has 0 aliphatic rings. The number of aryl methyl sites for hydroxylation is 1. The maximum atomic E-state index is 12.4. The number of halogens is 3. The normalized spacial score (nSPS) is 11.0. The van der Waals surface area contributed by atoms with Gasteiger partial charge in [-0.15, -0.1) is 0 Å². The first-order valence-electron chi connectivity index (χ1n) is 9.04. The molecule has 3 rings (SSSR count). The zero-order valence-electron chi connectivity index (χ0n) is 16.8. The lowest BCUT2D eigenvalue weighted by Gasteiger charge is -2.13. The first-order chi connectivity index (χ1) is 15.2. The van der Waals surface area contributed by atoms with Gasteiger partial charge >= 0.3 is 5.69 Å². The Morgan fingerprint density at radius 3 is 2.53 bits per heavy atom. The minimum Gasteiger partial charge on any atom is -0.496 e. The van der Waals surface area contributed by atoms with Crippen LogP contribution in [0.25, 0.3) is 6.08 Å². The van der Waals surface area contributed by atoms with Crippen molar-refractivity contribution in [2.45, 2.75) is 6.61 Å². The molecule has 0 atom stereocenters. The largest absolute Gasteiger partial charge is 0.496 e. The molecule has 0 spiro atoms. The van der Waals surface area contributed by atoms with Gasteiger partial charge in [0, 0.05) is 17.6 Å². The number of benzene rings is 2. The summed E-state index contributed by atoms with van der Waals surface area (Å²) >= 11 is 18.2. The zero-order valence-corrected chi connectivity index (χ0v) is 19.1. The number of ketones is 1. The minimum atomic E-state index is -0.649. The Morgan fingerprint density at radius 2 is 1.91 bits per heavy atom. The molecule has 0 radical (unpaired) electrons. The van der Waals surface area contributed by atoms with Crippen LogP contribution in [0.2, 0.25) is 15.1 Å². The number of rotatable bonds is 8. The van der Waals surface area contributed by atoms with Crippen LogP contribution in [0.3, 0.4) is 0 Å². The highest BCUT2D eigenvalue weighted by Crippen LogP contribution is 2.36. The lowest BCUT2D eigenvalue weighted by molar-refractivity contribution is -0.385. The highest BCUT2D eigenvalue weighted by Gasteiger charge is 2.23. The van der Waals surface area contributed by atoms with Gasteiger partial charge in [0.1, 0.15) is 18.6 Å². The van der Waals surface area contributed by atoms with E-state index in [4.69, 9.17) is 44.3 Å². The van der Waals surface area contributed by atoms with E-state index in [2.05, 4.69) is 5.10 Å². The number of nitrogens with zero attached hydrogens (tertiary/aromatic N) is 3. The molecule has 0 aliphatic carbocycles. The summed E-state index contributed by atoms with van der Waals surface area (Å²) in [6.07, 6.45) is 3.91. The Hall–Kier alpha value is -3.07. The van der Waals surface area contributed by atoms with Crippen LogP contribution in [0, 0.1) is 10.1 Å². The van der Waals surface area contributed by atoms with E-state index in [9.17, 15) is 14.9 Å². The smallest absolute Gasteiger partial charge is 0.318 e. The number of allylic oxidation sites excluding steroid dienone is 1. The van der Waals surface area contributed by atoms with Gasteiger partial charge in [-0.05, 0) is 35.9 Å². The van der Waals surface area contributed by atoms with Crippen molar-refractivity contribution in [2.24, 2.45) is 7.05 Å². The van der Waals surface area contributed by atoms with Gasteiger partial charge in [-0.3, -0.25) is 19.6 Å². The molecule has 11 heteroatoms. The lowest BCUT2D eigenvalue weighted by Crippen LogP contribution is -2.01. The molecule has 2 aromatic carbocycles. The van der Waals surface area contributed by atoms with E-state index in [1.54, 1.807) is 18.2 Å². The summed E-state index contributed by atoms with van der Waals surface area (Å²) in [6, 6.07) is 8.21. The molecule has 1 heterocycles. The van der Waals surface area contributed by atoms with Crippen molar-refractivity contribution in [3.63, 3.8) is 0 Å². The van der Waals surface area contributed by atoms with Gasteiger partial charge in [0.15, 0.2) is 5.75 Å². The Morgan fingerprint density at radius 1 is 1.22 bits per heavy atom. The maximum Gasteiger partial charge on any atom is 0.318 e. The summed E-state index contributed by atoms with van der Waals surface area (Å²) in [5.74, 6) is 0.235. The van der Waals surface area contributed by atoms with Crippen molar-refractivity contribution in [3.05, 3.63) is 84.6 Å². The average Bonchev–Trinajstić information content (AvgIpc) is 3.13. The van der Waals surface area contributed by atoms with Crippen LogP contribution in [0.5, 0.6) is 11.5 Å². The molecule has 32 heavy (non-hydrogen) atoms. The van der Waals surface area contributed by atoms with Crippen LogP contribution in [-0.4, -0.2) is 27.6 Å². The van der Waals surface area contributed by atoms with Crippen molar-refractivity contribution < 1.29 is 19.2 Å².